The van der Waals surface area contributed by atoms with E-state index in [9.17, 15) is 9.59 Å². The van der Waals surface area contributed by atoms with Gasteiger partial charge in [0, 0.05) is 25.1 Å². The number of hydrogen-bond donors (Lipinski definition) is 2. The number of carbonyl (C=O) groups is 2. The molecule has 1 fully saturated rings. The molecule has 1 aromatic carbocycles. The minimum atomic E-state index is -1.49. The van der Waals surface area contributed by atoms with Crippen molar-refractivity contribution in [3.63, 3.8) is 0 Å². The third-order valence-electron chi connectivity index (χ3n) is 6.45. The Bertz CT molecular complexity index is 1310. The molecule has 0 radical (unpaired) electrons. The number of methoxy groups -OCH3 is 2. The molecular formula is C27H35N5O6Si. The molecule has 11 nitrogen and oxygen atoms in total. The van der Waals surface area contributed by atoms with Gasteiger partial charge >= 0.3 is 0 Å². The first-order valence-corrected chi connectivity index (χ1v) is 16.3. The van der Waals surface area contributed by atoms with Crippen molar-refractivity contribution in [2.24, 2.45) is 0 Å². The second-order valence-corrected chi connectivity index (χ2v) is 15.3. The predicted molar refractivity (Wildman–Crippen MR) is 150 cm³/mol. The van der Waals surface area contributed by atoms with Crippen LogP contribution in [0.15, 0.2) is 40.8 Å². The number of hydrogen-bond acceptors (Lipinski definition) is 9. The van der Waals surface area contributed by atoms with Gasteiger partial charge in [-0.15, -0.1) is 0 Å². The highest BCUT2D eigenvalue weighted by Gasteiger charge is 2.30. The average molecular weight is 554 g/mol. The van der Waals surface area contributed by atoms with Gasteiger partial charge in [-0.1, -0.05) is 37.0 Å². The summed E-state index contributed by atoms with van der Waals surface area (Å²) in [5.41, 5.74) is 0.164. The maximum absolute atomic E-state index is 12.9. The molecule has 1 unspecified atom stereocenters. The summed E-state index contributed by atoms with van der Waals surface area (Å²) in [5.74, 6) is 1.21. The molecule has 208 valence electrons. The van der Waals surface area contributed by atoms with Crippen LogP contribution in [0.2, 0.25) is 19.6 Å². The topological polar surface area (TPSA) is 128 Å². The molecule has 0 saturated carbocycles. The second kappa shape index (κ2) is 11.9. The van der Waals surface area contributed by atoms with E-state index in [1.165, 1.54) is 24.3 Å². The summed E-state index contributed by atoms with van der Waals surface area (Å²) in [5, 5.41) is 7.14. The zero-order chi connectivity index (χ0) is 28.2. The van der Waals surface area contributed by atoms with Crippen LogP contribution in [0.5, 0.6) is 23.5 Å². The van der Waals surface area contributed by atoms with Gasteiger partial charge in [0.15, 0.2) is 5.69 Å². The summed E-state index contributed by atoms with van der Waals surface area (Å²) in [4.78, 5) is 35.8. The number of ether oxygens (including phenoxy) is 3. The summed E-state index contributed by atoms with van der Waals surface area (Å²) in [6.45, 7) is 7.26. The van der Waals surface area contributed by atoms with E-state index in [1.807, 2.05) is 25.2 Å². The summed E-state index contributed by atoms with van der Waals surface area (Å²) in [6.07, 6.45) is 1.03. The average Bonchev–Trinajstić information content (AvgIpc) is 3.34. The van der Waals surface area contributed by atoms with Crippen molar-refractivity contribution in [3.8, 4) is 23.5 Å². The highest BCUT2D eigenvalue weighted by Crippen LogP contribution is 2.34. The Hall–Kier alpha value is -3.90. The van der Waals surface area contributed by atoms with E-state index in [4.69, 9.17) is 18.6 Å². The zero-order valence-corrected chi connectivity index (χ0v) is 24.2. The summed E-state index contributed by atoms with van der Waals surface area (Å²) in [7, 11) is 3.18. The molecule has 0 spiro atoms. The van der Waals surface area contributed by atoms with Gasteiger partial charge in [-0.05, 0) is 31.7 Å². The third-order valence-corrected chi connectivity index (χ3v) is 8.49. The van der Waals surface area contributed by atoms with Gasteiger partial charge in [0.25, 0.3) is 5.95 Å². The van der Waals surface area contributed by atoms with E-state index in [0.29, 0.717) is 30.4 Å². The largest absolute Gasteiger partial charge is 0.479 e. The summed E-state index contributed by atoms with van der Waals surface area (Å²) >= 11 is 0. The minimum absolute atomic E-state index is 0.0671. The van der Waals surface area contributed by atoms with Crippen molar-refractivity contribution in [2.75, 3.05) is 38.0 Å². The number of rotatable bonds is 10. The lowest BCUT2D eigenvalue weighted by Crippen LogP contribution is -2.45. The zero-order valence-electron chi connectivity index (χ0n) is 23.2. The maximum Gasteiger partial charge on any atom is 0.290 e. The Kier molecular flexibility index (Phi) is 8.56. The van der Waals surface area contributed by atoms with Crippen LogP contribution in [0, 0.1) is 0 Å². The number of carbonyl (C=O) groups excluding carboxylic acids is 2. The molecule has 0 bridgehead atoms. The number of benzene rings is 1. The van der Waals surface area contributed by atoms with Crippen LogP contribution in [0.25, 0.3) is 0 Å². The van der Waals surface area contributed by atoms with Gasteiger partial charge in [0.2, 0.25) is 29.5 Å². The molecule has 1 aliphatic rings. The van der Waals surface area contributed by atoms with Crippen LogP contribution in [-0.4, -0.2) is 63.7 Å². The fourth-order valence-corrected chi connectivity index (χ4v) is 5.39. The lowest BCUT2D eigenvalue weighted by molar-refractivity contribution is -0.120. The van der Waals surface area contributed by atoms with Crippen LogP contribution in [-0.2, 0) is 16.0 Å². The summed E-state index contributed by atoms with van der Waals surface area (Å²) < 4.78 is 22.5. The quantitative estimate of drug-likeness (QED) is 0.363. The van der Waals surface area contributed by atoms with E-state index in [-0.39, 0.29) is 41.8 Å². The number of piperidine rings is 1. The first kappa shape index (κ1) is 28.1. The minimum Gasteiger partial charge on any atom is -0.479 e. The molecule has 39 heavy (non-hydrogen) atoms. The Morgan fingerprint density at radius 3 is 2.46 bits per heavy atom. The van der Waals surface area contributed by atoms with Crippen LogP contribution >= 0.6 is 0 Å². The highest BCUT2D eigenvalue weighted by molar-refractivity contribution is 6.88. The molecule has 2 N–H and O–H groups in total. The van der Waals surface area contributed by atoms with Crippen LogP contribution in [0.3, 0.4) is 0 Å². The Labute approximate surface area is 228 Å². The van der Waals surface area contributed by atoms with Crippen LogP contribution in [0.4, 0.5) is 11.6 Å². The molecule has 1 saturated heterocycles. The van der Waals surface area contributed by atoms with Gasteiger partial charge in [0.05, 0.1) is 28.7 Å². The number of aromatic nitrogens is 2. The number of nitrogens with one attached hydrogen (secondary N) is 2. The number of amides is 2. The standard InChI is InChI=1S/C27H35N5O6Si/c1-28-17-12-13-32(22(34)14-17)27-30-25(35-2)24(26(31-27)36-3)29-21(33)16-19-10-11-23(38-19)37-18-8-7-9-20(15-18)39(4,5)6/h7-11,15,17,28H,12-14,16H2,1-6H3,(H,29,33). The van der Waals surface area contributed by atoms with Crippen molar-refractivity contribution in [3.05, 3.63) is 42.2 Å². The smallest absolute Gasteiger partial charge is 0.290 e. The molecule has 1 atom stereocenters. The Balaban J connectivity index is 1.45. The monoisotopic (exact) mass is 553 g/mol. The Morgan fingerprint density at radius 2 is 1.85 bits per heavy atom. The van der Waals surface area contributed by atoms with Crippen LogP contribution in [0.1, 0.15) is 18.6 Å². The first-order valence-electron chi connectivity index (χ1n) is 12.8. The van der Waals surface area contributed by atoms with Gasteiger partial charge in [-0.25, -0.2) is 0 Å². The lowest BCUT2D eigenvalue weighted by atomic mass is 10.1. The van der Waals surface area contributed by atoms with Gasteiger partial charge < -0.3 is 29.3 Å². The highest BCUT2D eigenvalue weighted by atomic mass is 28.3. The van der Waals surface area contributed by atoms with E-state index >= 15 is 0 Å². The van der Waals surface area contributed by atoms with Crippen molar-refractivity contribution in [1.82, 2.24) is 15.3 Å². The number of furan rings is 1. The molecule has 2 amide bonds. The van der Waals surface area contributed by atoms with Crippen molar-refractivity contribution >= 4 is 36.7 Å². The van der Waals surface area contributed by atoms with Crippen LogP contribution < -0.4 is 34.9 Å². The molecule has 2 aromatic heterocycles. The van der Waals surface area contributed by atoms with E-state index in [2.05, 4.69) is 46.3 Å². The van der Waals surface area contributed by atoms with E-state index in [0.717, 1.165) is 6.42 Å². The number of anilines is 2. The predicted octanol–water partition coefficient (Wildman–Crippen LogP) is 3.32. The molecule has 0 aliphatic carbocycles. The lowest BCUT2D eigenvalue weighted by Gasteiger charge is -2.30. The van der Waals surface area contributed by atoms with Gasteiger partial charge in [0.1, 0.15) is 11.5 Å². The van der Waals surface area contributed by atoms with Crippen molar-refractivity contribution in [2.45, 2.75) is 44.9 Å². The SMILES string of the molecule is CNC1CCN(c2nc(OC)c(NC(=O)Cc3ccc(Oc4cccc([Si](C)(C)C)c4)o3)c(OC)n2)C(=O)C1. The Morgan fingerprint density at radius 1 is 1.13 bits per heavy atom. The molecular weight excluding hydrogens is 518 g/mol. The number of nitrogens with zero attached hydrogens (tertiary/aromatic N) is 3. The molecule has 4 rings (SSSR count). The molecule has 3 heterocycles. The fraction of sp³-hybridized carbons (Fsp3) is 0.407. The van der Waals surface area contributed by atoms with E-state index < -0.39 is 14.0 Å². The molecule has 12 heteroatoms. The van der Waals surface area contributed by atoms with Crippen molar-refractivity contribution < 1.29 is 28.2 Å². The van der Waals surface area contributed by atoms with Crippen molar-refractivity contribution in [1.29, 1.82) is 0 Å². The maximum atomic E-state index is 12.9. The normalized spacial score (nSPS) is 15.7. The van der Waals surface area contributed by atoms with Gasteiger partial charge in [-0.3, -0.25) is 14.5 Å². The molecule has 3 aromatic rings. The van der Waals surface area contributed by atoms with Gasteiger partial charge in [-0.2, -0.15) is 9.97 Å². The second-order valence-electron chi connectivity index (χ2n) is 10.3. The third kappa shape index (κ3) is 6.76. The van der Waals surface area contributed by atoms with E-state index in [1.54, 1.807) is 12.1 Å². The summed E-state index contributed by atoms with van der Waals surface area (Å²) in [6, 6.07) is 11.5. The first-order chi connectivity index (χ1) is 18.6. The molecule has 1 aliphatic heterocycles. The fourth-order valence-electron chi connectivity index (χ4n) is 4.22.